The van der Waals surface area contributed by atoms with Crippen molar-refractivity contribution >= 4 is 29.1 Å². The van der Waals surface area contributed by atoms with Crippen molar-refractivity contribution in [3.05, 3.63) is 41.7 Å². The Balaban J connectivity index is 1.40. The van der Waals surface area contributed by atoms with E-state index < -0.39 is 6.04 Å². The van der Waals surface area contributed by atoms with Crippen LogP contribution >= 0.6 is 0 Å². The molecule has 8 heteroatoms. The van der Waals surface area contributed by atoms with E-state index in [0.29, 0.717) is 24.4 Å². The first-order valence-electron chi connectivity index (χ1n) is 9.34. The van der Waals surface area contributed by atoms with Crippen molar-refractivity contribution in [2.45, 2.75) is 26.3 Å². The lowest BCUT2D eigenvalue weighted by Gasteiger charge is -2.38. The Morgan fingerprint density at radius 3 is 2.36 bits per heavy atom. The SMILES string of the molecule is CC(=O)c1ccc(N2CCN([C@@H]3CC(=O)N(c4cc(C)on4)C3=O)CC2)cc1. The minimum absolute atomic E-state index is 0.0487. The molecule has 2 aromatic rings. The molecule has 1 aromatic carbocycles. The van der Waals surface area contributed by atoms with E-state index in [0.717, 1.165) is 23.7 Å². The van der Waals surface area contributed by atoms with Crippen molar-refractivity contribution in [2.75, 3.05) is 36.0 Å². The number of benzene rings is 1. The van der Waals surface area contributed by atoms with Gasteiger partial charge >= 0.3 is 0 Å². The fourth-order valence-electron chi connectivity index (χ4n) is 3.80. The normalized spacial score (nSPS) is 20.9. The maximum Gasteiger partial charge on any atom is 0.252 e. The third-order valence-corrected chi connectivity index (χ3v) is 5.36. The van der Waals surface area contributed by atoms with Crippen LogP contribution in [-0.4, -0.2) is 59.9 Å². The number of aryl methyl sites for hydroxylation is 1. The molecule has 146 valence electrons. The van der Waals surface area contributed by atoms with E-state index in [1.807, 2.05) is 24.3 Å². The summed E-state index contributed by atoms with van der Waals surface area (Å²) >= 11 is 0. The van der Waals surface area contributed by atoms with Crippen LogP contribution in [-0.2, 0) is 9.59 Å². The quantitative estimate of drug-likeness (QED) is 0.587. The molecule has 0 radical (unpaired) electrons. The van der Waals surface area contributed by atoms with Crippen LogP contribution < -0.4 is 9.80 Å². The summed E-state index contributed by atoms with van der Waals surface area (Å²) in [6.45, 7) is 6.15. The lowest BCUT2D eigenvalue weighted by molar-refractivity contribution is -0.123. The average Bonchev–Trinajstić information content (AvgIpc) is 3.24. The van der Waals surface area contributed by atoms with Gasteiger partial charge in [0.15, 0.2) is 11.6 Å². The number of hydrogen-bond donors (Lipinski definition) is 0. The van der Waals surface area contributed by atoms with Crippen LogP contribution in [0.3, 0.4) is 0 Å². The van der Waals surface area contributed by atoms with Gasteiger partial charge in [-0.2, -0.15) is 0 Å². The van der Waals surface area contributed by atoms with E-state index in [4.69, 9.17) is 4.52 Å². The van der Waals surface area contributed by atoms with Crippen molar-refractivity contribution in [2.24, 2.45) is 0 Å². The molecule has 2 fully saturated rings. The molecule has 4 rings (SSSR count). The third-order valence-electron chi connectivity index (χ3n) is 5.36. The Hall–Kier alpha value is -3.00. The van der Waals surface area contributed by atoms with Crippen molar-refractivity contribution in [1.29, 1.82) is 0 Å². The Morgan fingerprint density at radius 1 is 1.11 bits per heavy atom. The van der Waals surface area contributed by atoms with Gasteiger partial charge in [-0.1, -0.05) is 5.16 Å². The number of amides is 2. The molecule has 0 spiro atoms. The highest BCUT2D eigenvalue weighted by molar-refractivity contribution is 6.21. The topological polar surface area (TPSA) is 87.0 Å². The van der Waals surface area contributed by atoms with Gasteiger partial charge in [-0.15, -0.1) is 0 Å². The van der Waals surface area contributed by atoms with Crippen LogP contribution in [0.4, 0.5) is 11.5 Å². The van der Waals surface area contributed by atoms with Gasteiger partial charge < -0.3 is 9.42 Å². The van der Waals surface area contributed by atoms with Crippen LogP contribution in [0, 0.1) is 6.92 Å². The Labute approximate surface area is 162 Å². The maximum atomic E-state index is 12.8. The number of carbonyl (C=O) groups excluding carboxylic acids is 3. The first-order valence-corrected chi connectivity index (χ1v) is 9.34. The molecule has 1 aromatic heterocycles. The smallest absolute Gasteiger partial charge is 0.252 e. The first-order chi connectivity index (χ1) is 13.4. The lowest BCUT2D eigenvalue weighted by atomic mass is 10.1. The summed E-state index contributed by atoms with van der Waals surface area (Å²) in [5.74, 6) is 0.387. The van der Waals surface area contributed by atoms with E-state index in [9.17, 15) is 14.4 Å². The summed E-state index contributed by atoms with van der Waals surface area (Å²) in [5, 5.41) is 3.81. The lowest BCUT2D eigenvalue weighted by Crippen LogP contribution is -2.52. The zero-order valence-electron chi connectivity index (χ0n) is 15.9. The summed E-state index contributed by atoms with van der Waals surface area (Å²) in [7, 11) is 0. The molecule has 8 nitrogen and oxygen atoms in total. The third kappa shape index (κ3) is 3.31. The first kappa shape index (κ1) is 18.4. The second-order valence-electron chi connectivity index (χ2n) is 7.21. The molecule has 1 atom stereocenters. The van der Waals surface area contributed by atoms with Crippen molar-refractivity contribution in [3.8, 4) is 0 Å². The molecule has 0 bridgehead atoms. The second kappa shape index (κ2) is 7.20. The fourth-order valence-corrected chi connectivity index (χ4v) is 3.80. The predicted octanol–water partition coefficient (Wildman–Crippen LogP) is 1.64. The van der Waals surface area contributed by atoms with Crippen LogP contribution in [0.15, 0.2) is 34.9 Å². The molecular weight excluding hydrogens is 360 g/mol. The molecule has 0 aliphatic carbocycles. The molecule has 2 aliphatic rings. The minimum Gasteiger partial charge on any atom is -0.369 e. The number of imide groups is 1. The average molecular weight is 382 g/mol. The van der Waals surface area contributed by atoms with Gasteiger partial charge in [0.2, 0.25) is 5.91 Å². The van der Waals surface area contributed by atoms with Crippen LogP contribution in [0.1, 0.15) is 29.5 Å². The van der Waals surface area contributed by atoms with E-state index >= 15 is 0 Å². The van der Waals surface area contributed by atoms with Gasteiger partial charge in [0.05, 0.1) is 12.5 Å². The maximum absolute atomic E-state index is 12.8. The van der Waals surface area contributed by atoms with Gasteiger partial charge in [-0.25, -0.2) is 4.90 Å². The standard InChI is InChI=1S/C20H22N4O4/c1-13-11-18(21-28-13)24-19(26)12-17(20(24)27)23-9-7-22(8-10-23)16-5-3-15(4-6-16)14(2)25/h3-6,11,17H,7-10,12H2,1-2H3/t17-/m1/s1. The van der Waals surface area contributed by atoms with Crippen molar-refractivity contribution in [3.63, 3.8) is 0 Å². The molecule has 2 saturated heterocycles. The highest BCUT2D eigenvalue weighted by Gasteiger charge is 2.44. The highest BCUT2D eigenvalue weighted by Crippen LogP contribution is 2.27. The minimum atomic E-state index is -0.452. The fraction of sp³-hybridized carbons (Fsp3) is 0.400. The van der Waals surface area contributed by atoms with E-state index in [2.05, 4.69) is 15.0 Å². The number of rotatable bonds is 4. The van der Waals surface area contributed by atoms with Gasteiger partial charge in [0, 0.05) is 43.5 Å². The predicted molar refractivity (Wildman–Crippen MR) is 102 cm³/mol. The van der Waals surface area contributed by atoms with Crippen molar-refractivity contribution in [1.82, 2.24) is 10.1 Å². The molecule has 0 saturated carbocycles. The van der Waals surface area contributed by atoms with Gasteiger partial charge in [0.1, 0.15) is 5.76 Å². The number of carbonyl (C=O) groups is 3. The molecule has 28 heavy (non-hydrogen) atoms. The van der Waals surface area contributed by atoms with Gasteiger partial charge in [-0.05, 0) is 38.1 Å². The number of aromatic nitrogens is 1. The number of nitrogens with zero attached hydrogens (tertiary/aromatic N) is 4. The largest absolute Gasteiger partial charge is 0.369 e. The number of ketones is 1. The molecule has 0 N–H and O–H groups in total. The highest BCUT2D eigenvalue weighted by atomic mass is 16.5. The van der Waals surface area contributed by atoms with E-state index in [1.54, 1.807) is 19.9 Å². The summed E-state index contributed by atoms with van der Waals surface area (Å²) in [5.41, 5.74) is 1.75. The number of Topliss-reactive ketones (excluding diaryl/α,β-unsaturated/α-hetero) is 1. The molecule has 2 aliphatic heterocycles. The monoisotopic (exact) mass is 382 g/mol. The Kier molecular flexibility index (Phi) is 4.72. The van der Waals surface area contributed by atoms with Gasteiger partial charge in [-0.3, -0.25) is 19.3 Å². The zero-order chi connectivity index (χ0) is 19.8. The molecule has 3 heterocycles. The summed E-state index contributed by atoms with van der Waals surface area (Å²) in [4.78, 5) is 42.0. The number of piperazine rings is 1. The Morgan fingerprint density at radius 2 is 1.79 bits per heavy atom. The second-order valence-corrected chi connectivity index (χ2v) is 7.21. The molecule has 0 unspecified atom stereocenters. The number of anilines is 2. The summed E-state index contributed by atoms with van der Waals surface area (Å²) in [6, 6.07) is 8.71. The summed E-state index contributed by atoms with van der Waals surface area (Å²) in [6.07, 6.45) is 0.165. The van der Waals surface area contributed by atoms with E-state index in [-0.39, 0.29) is 29.8 Å². The summed E-state index contributed by atoms with van der Waals surface area (Å²) < 4.78 is 5.00. The van der Waals surface area contributed by atoms with Crippen LogP contribution in [0.25, 0.3) is 0 Å². The number of hydrogen-bond acceptors (Lipinski definition) is 7. The molecular formula is C20H22N4O4. The van der Waals surface area contributed by atoms with Gasteiger partial charge in [0.25, 0.3) is 5.91 Å². The molecule has 2 amide bonds. The van der Waals surface area contributed by atoms with Crippen LogP contribution in [0.5, 0.6) is 0 Å². The van der Waals surface area contributed by atoms with E-state index in [1.165, 1.54) is 0 Å². The van der Waals surface area contributed by atoms with Crippen molar-refractivity contribution < 1.29 is 18.9 Å². The zero-order valence-corrected chi connectivity index (χ0v) is 15.9. The Bertz CT molecular complexity index is 913. The van der Waals surface area contributed by atoms with Crippen LogP contribution in [0.2, 0.25) is 0 Å².